The molecule has 31 heavy (non-hydrogen) atoms. The number of aromatic nitrogens is 3. The maximum absolute atomic E-state index is 12.4. The van der Waals surface area contributed by atoms with E-state index in [1.165, 1.54) is 0 Å². The number of amides is 1. The zero-order valence-corrected chi connectivity index (χ0v) is 17.7. The van der Waals surface area contributed by atoms with Crippen LogP contribution in [0.5, 0.6) is 0 Å². The molecule has 0 aliphatic rings. The lowest BCUT2D eigenvalue weighted by Gasteiger charge is -2.10. The molecule has 0 saturated carbocycles. The van der Waals surface area contributed by atoms with Gasteiger partial charge in [0.2, 0.25) is 5.89 Å². The van der Waals surface area contributed by atoms with Gasteiger partial charge >= 0.3 is 0 Å². The van der Waals surface area contributed by atoms with E-state index in [1.807, 2.05) is 48.5 Å². The number of carbonyl (C=O) groups is 1. The third-order valence-electron chi connectivity index (χ3n) is 4.69. The molecule has 2 N–H and O–H groups in total. The summed E-state index contributed by atoms with van der Waals surface area (Å²) in [5.41, 5.74) is 5.42. The van der Waals surface area contributed by atoms with Gasteiger partial charge < -0.3 is 9.73 Å². The van der Waals surface area contributed by atoms with Crippen molar-refractivity contribution in [2.45, 2.75) is 6.54 Å². The Balaban J connectivity index is 1.19. The molecule has 7 nitrogen and oxygen atoms in total. The highest BCUT2D eigenvalue weighted by molar-refractivity contribution is 7.80. The van der Waals surface area contributed by atoms with E-state index in [9.17, 15) is 4.79 Å². The Hall–Kier alpha value is -3.69. The van der Waals surface area contributed by atoms with Gasteiger partial charge in [0.25, 0.3) is 5.91 Å². The summed E-state index contributed by atoms with van der Waals surface area (Å²) in [6.45, 7) is 0.474. The van der Waals surface area contributed by atoms with Crippen molar-refractivity contribution >= 4 is 57.1 Å². The van der Waals surface area contributed by atoms with E-state index < -0.39 is 0 Å². The van der Waals surface area contributed by atoms with Crippen molar-refractivity contribution in [3.8, 4) is 11.5 Å². The largest absolute Gasteiger partial charge is 0.436 e. The molecule has 0 aliphatic carbocycles. The number of hydrogen-bond donors (Lipinski definition) is 2. The van der Waals surface area contributed by atoms with E-state index >= 15 is 0 Å². The van der Waals surface area contributed by atoms with Crippen molar-refractivity contribution < 1.29 is 9.21 Å². The fraction of sp³-hybridized carbons (Fsp3) is 0.0455. The van der Waals surface area contributed by atoms with Crippen LogP contribution in [-0.2, 0) is 6.54 Å². The van der Waals surface area contributed by atoms with Gasteiger partial charge in [-0.15, -0.1) is 0 Å². The van der Waals surface area contributed by atoms with Crippen molar-refractivity contribution in [1.29, 1.82) is 0 Å². The zero-order chi connectivity index (χ0) is 21.2. The van der Waals surface area contributed by atoms with Crippen molar-refractivity contribution in [1.82, 2.24) is 24.4 Å². The first-order valence-electron chi connectivity index (χ1n) is 9.42. The normalized spacial score (nSPS) is 11.0. The van der Waals surface area contributed by atoms with E-state index in [0.29, 0.717) is 23.5 Å². The average molecular weight is 446 g/mol. The van der Waals surface area contributed by atoms with Crippen LogP contribution >= 0.6 is 23.9 Å². The SMILES string of the molecule is O=C(NC(=S)NCc1ccc(-c2nc3ccccc3o2)cc1)c1ccc2nsnc2c1. The van der Waals surface area contributed by atoms with E-state index in [4.69, 9.17) is 16.6 Å². The molecule has 2 aromatic heterocycles. The number of carbonyl (C=O) groups excluding carboxylic acids is 1. The van der Waals surface area contributed by atoms with E-state index in [2.05, 4.69) is 24.4 Å². The van der Waals surface area contributed by atoms with Crippen LogP contribution in [0.3, 0.4) is 0 Å². The zero-order valence-electron chi connectivity index (χ0n) is 16.0. The molecule has 0 unspecified atom stereocenters. The van der Waals surface area contributed by atoms with Gasteiger partial charge in [-0.2, -0.15) is 8.75 Å². The minimum Gasteiger partial charge on any atom is -0.436 e. The molecular weight excluding hydrogens is 430 g/mol. The van der Waals surface area contributed by atoms with Gasteiger partial charge in [0.1, 0.15) is 16.6 Å². The lowest BCUT2D eigenvalue weighted by atomic mass is 10.1. The van der Waals surface area contributed by atoms with Crippen molar-refractivity contribution in [2.75, 3.05) is 0 Å². The summed E-state index contributed by atoms with van der Waals surface area (Å²) in [5, 5.41) is 5.99. The maximum Gasteiger partial charge on any atom is 0.257 e. The Bertz CT molecular complexity index is 1380. The van der Waals surface area contributed by atoms with Crippen LogP contribution in [0.25, 0.3) is 33.6 Å². The smallest absolute Gasteiger partial charge is 0.257 e. The Kier molecular flexibility index (Phi) is 5.11. The Morgan fingerprint density at radius 2 is 1.77 bits per heavy atom. The second-order valence-corrected chi connectivity index (χ2v) is 7.72. The Labute approximate surface area is 186 Å². The lowest BCUT2D eigenvalue weighted by molar-refractivity contribution is 0.0976. The molecule has 0 saturated heterocycles. The number of nitrogens with one attached hydrogen (secondary N) is 2. The summed E-state index contributed by atoms with van der Waals surface area (Å²) in [6.07, 6.45) is 0. The van der Waals surface area contributed by atoms with Gasteiger partial charge in [0, 0.05) is 17.7 Å². The number of oxazole rings is 1. The molecule has 0 fully saturated rings. The van der Waals surface area contributed by atoms with Gasteiger partial charge in [0.05, 0.1) is 11.7 Å². The van der Waals surface area contributed by atoms with Crippen LogP contribution in [0.4, 0.5) is 0 Å². The molecule has 3 aromatic carbocycles. The molecule has 2 heterocycles. The number of hydrogen-bond acceptors (Lipinski definition) is 7. The monoisotopic (exact) mass is 445 g/mol. The van der Waals surface area contributed by atoms with Crippen LogP contribution in [-0.4, -0.2) is 24.8 Å². The summed E-state index contributed by atoms with van der Waals surface area (Å²) < 4.78 is 14.1. The number of thiocarbonyl (C=S) groups is 1. The van der Waals surface area contributed by atoms with Gasteiger partial charge in [-0.1, -0.05) is 24.3 Å². The van der Waals surface area contributed by atoms with Gasteiger partial charge in [-0.25, -0.2) is 4.98 Å². The Morgan fingerprint density at radius 1 is 0.968 bits per heavy atom. The summed E-state index contributed by atoms with van der Waals surface area (Å²) >= 11 is 6.37. The van der Waals surface area contributed by atoms with Crippen LogP contribution in [0.15, 0.2) is 71.1 Å². The molecule has 152 valence electrons. The molecule has 0 aliphatic heterocycles. The molecule has 9 heteroatoms. The van der Waals surface area contributed by atoms with Crippen molar-refractivity contribution in [2.24, 2.45) is 0 Å². The number of para-hydroxylation sites is 2. The molecular formula is C22H15N5O2S2. The second-order valence-electron chi connectivity index (χ2n) is 6.79. The predicted molar refractivity (Wildman–Crippen MR) is 124 cm³/mol. The highest BCUT2D eigenvalue weighted by atomic mass is 32.1. The first-order valence-corrected chi connectivity index (χ1v) is 10.6. The molecule has 5 aromatic rings. The third kappa shape index (κ3) is 4.14. The minimum atomic E-state index is -0.293. The highest BCUT2D eigenvalue weighted by Gasteiger charge is 2.11. The maximum atomic E-state index is 12.4. The molecule has 0 atom stereocenters. The number of nitrogens with zero attached hydrogens (tertiary/aromatic N) is 3. The molecule has 0 radical (unpaired) electrons. The summed E-state index contributed by atoms with van der Waals surface area (Å²) in [5.74, 6) is 0.287. The third-order valence-corrected chi connectivity index (χ3v) is 5.49. The summed E-state index contributed by atoms with van der Waals surface area (Å²) in [6, 6.07) is 20.6. The summed E-state index contributed by atoms with van der Waals surface area (Å²) in [4.78, 5) is 16.9. The first kappa shape index (κ1) is 19.3. The summed E-state index contributed by atoms with van der Waals surface area (Å²) in [7, 11) is 0. The van der Waals surface area contributed by atoms with Crippen LogP contribution in [0, 0.1) is 0 Å². The van der Waals surface area contributed by atoms with Crippen molar-refractivity contribution in [3.63, 3.8) is 0 Å². The first-order chi connectivity index (χ1) is 15.2. The van der Waals surface area contributed by atoms with Crippen LogP contribution < -0.4 is 10.6 Å². The average Bonchev–Trinajstić information content (AvgIpc) is 3.44. The number of rotatable bonds is 4. The van der Waals surface area contributed by atoms with E-state index in [0.717, 1.165) is 39.5 Å². The molecule has 0 spiro atoms. The second kappa shape index (κ2) is 8.21. The quantitative estimate of drug-likeness (QED) is 0.398. The van der Waals surface area contributed by atoms with E-state index in [1.54, 1.807) is 18.2 Å². The number of fused-ring (bicyclic) bond motifs is 2. The molecule has 5 rings (SSSR count). The fourth-order valence-electron chi connectivity index (χ4n) is 3.09. The highest BCUT2D eigenvalue weighted by Crippen LogP contribution is 2.24. The standard InChI is InChI=1S/C22H15N5O2S2/c28-20(15-9-10-16-18(11-15)27-31-26-16)25-22(30)23-12-13-5-7-14(8-6-13)21-24-17-3-1-2-4-19(17)29-21/h1-11H,12H2,(H2,23,25,28,30). The predicted octanol–water partition coefficient (Wildman–Crippen LogP) is 4.30. The van der Waals surface area contributed by atoms with Gasteiger partial charge in [-0.05, 0) is 60.2 Å². The number of benzene rings is 3. The van der Waals surface area contributed by atoms with Crippen LogP contribution in [0.1, 0.15) is 15.9 Å². The van der Waals surface area contributed by atoms with Crippen LogP contribution in [0.2, 0.25) is 0 Å². The lowest BCUT2D eigenvalue weighted by Crippen LogP contribution is -2.38. The topological polar surface area (TPSA) is 92.9 Å². The minimum absolute atomic E-state index is 0.254. The Morgan fingerprint density at radius 3 is 2.61 bits per heavy atom. The van der Waals surface area contributed by atoms with E-state index in [-0.39, 0.29) is 11.0 Å². The van der Waals surface area contributed by atoms with Crippen molar-refractivity contribution in [3.05, 3.63) is 77.9 Å². The molecule has 1 amide bonds. The van der Waals surface area contributed by atoms with Gasteiger partial charge in [-0.3, -0.25) is 10.1 Å². The molecule has 0 bridgehead atoms. The fourth-order valence-corrected chi connectivity index (χ4v) is 3.77. The van der Waals surface area contributed by atoms with Gasteiger partial charge in [0.15, 0.2) is 10.7 Å².